The lowest BCUT2D eigenvalue weighted by Crippen LogP contribution is -2.34. The molecule has 12 heteroatoms. The highest BCUT2D eigenvalue weighted by Crippen LogP contribution is 2.43. The summed E-state index contributed by atoms with van der Waals surface area (Å²) in [5.41, 5.74) is 5.28. The molecule has 3 atom stereocenters. The van der Waals surface area contributed by atoms with E-state index in [9.17, 15) is 23.8 Å². The number of carboxylic acids is 1. The first-order valence-corrected chi connectivity index (χ1v) is 18.5. The summed E-state index contributed by atoms with van der Waals surface area (Å²) in [6.07, 6.45) is 34.8. The Kier molecular flexibility index (Phi) is 29.2. The lowest BCUT2D eigenvalue weighted by Gasteiger charge is -2.20. The minimum Gasteiger partial charge on any atom is -0.480 e. The zero-order valence-corrected chi connectivity index (χ0v) is 29.7. The van der Waals surface area contributed by atoms with Crippen molar-refractivity contribution >= 4 is 25.7 Å². The first-order valence-electron chi connectivity index (χ1n) is 17.0. The first kappa shape index (κ1) is 44.9. The van der Waals surface area contributed by atoms with Crippen LogP contribution >= 0.6 is 7.82 Å². The summed E-state index contributed by atoms with van der Waals surface area (Å²) in [4.78, 5) is 45.3. The van der Waals surface area contributed by atoms with Crippen molar-refractivity contribution in [2.75, 3.05) is 19.8 Å². The molecule has 0 fully saturated rings. The Morgan fingerprint density at radius 1 is 0.667 bits per heavy atom. The highest BCUT2D eigenvalue weighted by molar-refractivity contribution is 7.47. The lowest BCUT2D eigenvalue weighted by atomic mass is 10.1. The SMILES string of the molecule is CC/C=C\C/C=C\C/C=C\C/C=C\C/C=C\C/C=C\CCC(=O)OC(COC(=O)CCCCCCC)COP(=O)(O)OCC(N)C(=O)O. The number of aliphatic carboxylic acids is 1. The van der Waals surface area contributed by atoms with E-state index in [1.165, 1.54) is 0 Å². The molecule has 272 valence electrons. The van der Waals surface area contributed by atoms with Gasteiger partial charge >= 0.3 is 25.7 Å². The molecule has 0 spiro atoms. The second kappa shape index (κ2) is 31.2. The monoisotopic (exact) mass is 695 g/mol. The summed E-state index contributed by atoms with van der Waals surface area (Å²) in [7, 11) is -4.72. The molecule has 0 aromatic rings. The summed E-state index contributed by atoms with van der Waals surface area (Å²) in [5.74, 6) is -2.52. The molecule has 0 rings (SSSR count). The fourth-order valence-electron chi connectivity index (χ4n) is 3.79. The smallest absolute Gasteiger partial charge is 0.472 e. The Bertz CT molecular complexity index is 1100. The van der Waals surface area contributed by atoms with E-state index in [1.54, 1.807) is 0 Å². The van der Waals surface area contributed by atoms with Crippen LogP contribution < -0.4 is 5.73 Å². The van der Waals surface area contributed by atoms with Gasteiger partial charge in [-0.1, -0.05) is 112 Å². The van der Waals surface area contributed by atoms with Crippen molar-refractivity contribution in [3.05, 3.63) is 72.9 Å². The van der Waals surface area contributed by atoms with Crippen LogP contribution in [-0.4, -0.2) is 59.9 Å². The molecule has 0 aromatic heterocycles. The maximum atomic E-state index is 12.4. The Morgan fingerprint density at radius 2 is 1.17 bits per heavy atom. The van der Waals surface area contributed by atoms with Crippen molar-refractivity contribution in [3.63, 3.8) is 0 Å². The van der Waals surface area contributed by atoms with Crippen molar-refractivity contribution in [1.29, 1.82) is 0 Å². The van der Waals surface area contributed by atoms with E-state index in [0.29, 0.717) is 19.3 Å². The van der Waals surface area contributed by atoms with Gasteiger partial charge in [-0.2, -0.15) is 0 Å². The van der Waals surface area contributed by atoms with Crippen LogP contribution in [0.25, 0.3) is 0 Å². The zero-order chi connectivity index (χ0) is 35.7. The fraction of sp³-hybridized carbons (Fsp3) is 0.583. The number of esters is 2. The third-order valence-corrected chi connectivity index (χ3v) is 7.43. The van der Waals surface area contributed by atoms with Gasteiger partial charge in [0, 0.05) is 12.8 Å². The summed E-state index contributed by atoms with van der Waals surface area (Å²) in [5, 5.41) is 8.81. The van der Waals surface area contributed by atoms with Gasteiger partial charge in [0.1, 0.15) is 12.6 Å². The minimum absolute atomic E-state index is 0.0325. The molecule has 0 aliphatic carbocycles. The molecule has 0 saturated heterocycles. The molecule has 0 amide bonds. The van der Waals surface area contributed by atoms with E-state index in [0.717, 1.165) is 57.8 Å². The summed E-state index contributed by atoms with van der Waals surface area (Å²) in [6, 6.07) is -1.53. The largest absolute Gasteiger partial charge is 0.480 e. The number of ether oxygens (including phenoxy) is 2. The summed E-state index contributed by atoms with van der Waals surface area (Å²) in [6.45, 7) is 2.45. The number of phosphoric acid groups is 1. The molecule has 48 heavy (non-hydrogen) atoms. The molecule has 0 radical (unpaired) electrons. The van der Waals surface area contributed by atoms with Crippen LogP contribution in [0.5, 0.6) is 0 Å². The number of nitrogens with two attached hydrogens (primary N) is 1. The van der Waals surface area contributed by atoms with Gasteiger partial charge in [-0.15, -0.1) is 0 Å². The van der Waals surface area contributed by atoms with Crippen LogP contribution in [0.15, 0.2) is 72.9 Å². The van der Waals surface area contributed by atoms with Crippen LogP contribution in [0, 0.1) is 0 Å². The van der Waals surface area contributed by atoms with Crippen molar-refractivity contribution in [2.45, 2.75) is 116 Å². The lowest BCUT2D eigenvalue weighted by molar-refractivity contribution is -0.161. The van der Waals surface area contributed by atoms with Gasteiger partial charge in [0.15, 0.2) is 6.10 Å². The number of allylic oxidation sites excluding steroid dienone is 12. The van der Waals surface area contributed by atoms with Gasteiger partial charge in [0.25, 0.3) is 0 Å². The summed E-state index contributed by atoms with van der Waals surface area (Å²) >= 11 is 0. The van der Waals surface area contributed by atoms with Gasteiger partial charge in [0.2, 0.25) is 0 Å². The average Bonchev–Trinajstić information content (AvgIpc) is 3.05. The number of carbonyl (C=O) groups is 3. The van der Waals surface area contributed by atoms with Crippen molar-refractivity contribution in [1.82, 2.24) is 0 Å². The number of rotatable bonds is 30. The van der Waals surface area contributed by atoms with E-state index in [1.807, 2.05) is 18.2 Å². The number of carboxylic acid groups (broad SMARTS) is 1. The first-order chi connectivity index (χ1) is 23.1. The fourth-order valence-corrected chi connectivity index (χ4v) is 4.57. The number of hydrogen-bond acceptors (Lipinski definition) is 9. The Morgan fingerprint density at radius 3 is 1.69 bits per heavy atom. The predicted octanol–water partition coefficient (Wildman–Crippen LogP) is 7.83. The quantitative estimate of drug-likeness (QED) is 0.0289. The normalized spacial score (nSPS) is 14.9. The van der Waals surface area contributed by atoms with Crippen molar-refractivity contribution < 1.29 is 47.5 Å². The van der Waals surface area contributed by atoms with Gasteiger partial charge in [-0.05, 0) is 51.4 Å². The standard InChI is InChI=1S/C36H58NO10P/c1-3-5-7-9-10-11-12-13-14-15-16-17-18-19-20-21-22-24-26-28-35(39)47-32(29-44-34(38)27-25-23-8-6-4-2)30-45-48(42,43)46-31-33(37)36(40)41/h5,7,10-11,13-14,16-17,19-20,22,24,32-33H,3-4,6,8-9,12,15,18,21,23,25-31,37H2,1-2H3,(H,40,41)(H,42,43)/b7-5-,11-10-,14-13-,17-16-,20-19-,24-22-. The van der Waals surface area contributed by atoms with E-state index < -0.39 is 51.1 Å². The van der Waals surface area contributed by atoms with Gasteiger partial charge in [-0.3, -0.25) is 23.4 Å². The van der Waals surface area contributed by atoms with Crippen molar-refractivity contribution in [3.8, 4) is 0 Å². The maximum Gasteiger partial charge on any atom is 0.472 e. The number of unbranched alkanes of at least 4 members (excludes halogenated alkanes) is 4. The third kappa shape index (κ3) is 30.3. The van der Waals surface area contributed by atoms with E-state index in [2.05, 4.69) is 73.1 Å². The van der Waals surface area contributed by atoms with E-state index in [4.69, 9.17) is 24.8 Å². The summed E-state index contributed by atoms with van der Waals surface area (Å²) < 4.78 is 32.2. The minimum atomic E-state index is -4.72. The Labute approximate surface area is 287 Å². The van der Waals surface area contributed by atoms with Crippen LogP contribution in [0.4, 0.5) is 0 Å². The maximum absolute atomic E-state index is 12.4. The van der Waals surface area contributed by atoms with Gasteiger partial charge in [0.05, 0.1) is 13.2 Å². The van der Waals surface area contributed by atoms with Gasteiger partial charge < -0.3 is 25.2 Å². The molecule has 0 aromatic carbocycles. The van der Waals surface area contributed by atoms with Crippen LogP contribution in [-0.2, 0) is 37.5 Å². The van der Waals surface area contributed by atoms with Crippen molar-refractivity contribution in [2.24, 2.45) is 5.73 Å². The molecule has 0 aliphatic heterocycles. The highest BCUT2D eigenvalue weighted by Gasteiger charge is 2.28. The third-order valence-electron chi connectivity index (χ3n) is 6.48. The Balaban J connectivity index is 4.54. The number of hydrogen-bond donors (Lipinski definition) is 3. The van der Waals surface area contributed by atoms with E-state index in [-0.39, 0.29) is 19.4 Å². The molecule has 0 saturated carbocycles. The average molecular weight is 696 g/mol. The Hall–Kier alpha value is -3.08. The second-order valence-corrected chi connectivity index (χ2v) is 12.4. The molecule has 0 bridgehead atoms. The highest BCUT2D eigenvalue weighted by atomic mass is 31.2. The van der Waals surface area contributed by atoms with Crippen LogP contribution in [0.1, 0.15) is 104 Å². The number of carbonyl (C=O) groups excluding carboxylic acids is 2. The molecular formula is C36H58NO10P. The molecule has 11 nitrogen and oxygen atoms in total. The molecular weight excluding hydrogens is 637 g/mol. The topological polar surface area (TPSA) is 172 Å². The zero-order valence-electron chi connectivity index (χ0n) is 28.8. The van der Waals surface area contributed by atoms with Crippen LogP contribution in [0.3, 0.4) is 0 Å². The predicted molar refractivity (Wildman–Crippen MR) is 189 cm³/mol. The molecule has 4 N–H and O–H groups in total. The number of phosphoric ester groups is 1. The molecule has 3 unspecified atom stereocenters. The van der Waals surface area contributed by atoms with Gasteiger partial charge in [-0.25, -0.2) is 4.57 Å². The molecule has 0 heterocycles. The van der Waals surface area contributed by atoms with Crippen LogP contribution in [0.2, 0.25) is 0 Å². The van der Waals surface area contributed by atoms with E-state index >= 15 is 0 Å². The second-order valence-electron chi connectivity index (χ2n) is 10.9. The molecule has 0 aliphatic rings.